The first kappa shape index (κ1) is 37.4. The molecule has 0 N–H and O–H groups in total. The highest BCUT2D eigenvalue weighted by atomic mass is 16.3. The molecule has 3 heterocycles. The number of para-hydroxylation sites is 1. The summed E-state index contributed by atoms with van der Waals surface area (Å²) in [7, 11) is 0. The van der Waals surface area contributed by atoms with Crippen LogP contribution in [-0.4, -0.2) is 19.5 Å². The maximum absolute atomic E-state index is 6.40. The van der Waals surface area contributed by atoms with E-state index in [1.54, 1.807) is 0 Å². The molecule has 3 aromatic heterocycles. The molecule has 5 nitrogen and oxygen atoms in total. The van der Waals surface area contributed by atoms with E-state index in [1.807, 2.05) is 54.6 Å². The standard InChI is InChI=1S/C59H40N4O/c1-37-20-24-39(25-21-37)43-28-31-51-48(34-43)49-35-44(40-26-22-38(2)23-27-40)29-32-52(49)63(51)53-33-30-45(46-17-11-19-55-56(46)47-16-9-10-18-54(47)64-55)36-50(53)59-61-57(41-12-5-3-6-13-41)60-58(62-59)42-14-7-4-8-15-42/h3-36H,1-2H3. The van der Waals surface area contributed by atoms with Crippen molar-refractivity contribution >= 4 is 43.7 Å². The monoisotopic (exact) mass is 820 g/mol. The van der Waals surface area contributed by atoms with Gasteiger partial charge in [-0.1, -0.05) is 169 Å². The Bertz CT molecular complexity index is 3560. The lowest BCUT2D eigenvalue weighted by molar-refractivity contribution is 0.669. The Labute approximate surface area is 370 Å². The van der Waals surface area contributed by atoms with E-state index in [0.29, 0.717) is 17.5 Å². The van der Waals surface area contributed by atoms with Crippen LogP contribution >= 0.6 is 0 Å². The Kier molecular flexibility index (Phi) is 8.87. The minimum atomic E-state index is 0.580. The van der Waals surface area contributed by atoms with Crippen molar-refractivity contribution in [2.75, 3.05) is 0 Å². The van der Waals surface area contributed by atoms with Gasteiger partial charge in [0.05, 0.1) is 16.7 Å². The first-order chi connectivity index (χ1) is 31.5. The molecule has 0 bridgehead atoms. The highest BCUT2D eigenvalue weighted by Gasteiger charge is 2.22. The first-order valence-electron chi connectivity index (χ1n) is 21.7. The van der Waals surface area contributed by atoms with E-state index in [9.17, 15) is 0 Å². The highest BCUT2D eigenvalue weighted by Crippen LogP contribution is 2.43. The fourth-order valence-electron chi connectivity index (χ4n) is 9.16. The Morgan fingerprint density at radius 1 is 0.344 bits per heavy atom. The van der Waals surface area contributed by atoms with Gasteiger partial charge in [-0.3, -0.25) is 0 Å². The molecular formula is C59H40N4O. The Balaban J connectivity index is 1.16. The zero-order valence-corrected chi connectivity index (χ0v) is 35.3. The number of hydrogen-bond donors (Lipinski definition) is 0. The molecule has 12 rings (SSSR count). The van der Waals surface area contributed by atoms with Crippen molar-refractivity contribution in [2.45, 2.75) is 13.8 Å². The predicted molar refractivity (Wildman–Crippen MR) is 264 cm³/mol. The van der Waals surface area contributed by atoms with E-state index in [4.69, 9.17) is 19.4 Å². The average molecular weight is 821 g/mol. The predicted octanol–water partition coefficient (Wildman–Crippen LogP) is 15.5. The fourth-order valence-corrected chi connectivity index (χ4v) is 9.16. The summed E-state index contributed by atoms with van der Waals surface area (Å²) < 4.78 is 8.79. The molecule has 12 aromatic rings. The van der Waals surface area contributed by atoms with Crippen molar-refractivity contribution in [1.82, 2.24) is 19.5 Å². The van der Waals surface area contributed by atoms with Crippen molar-refractivity contribution in [3.8, 4) is 73.2 Å². The van der Waals surface area contributed by atoms with Gasteiger partial charge < -0.3 is 8.98 Å². The maximum Gasteiger partial charge on any atom is 0.166 e. The van der Waals surface area contributed by atoms with Crippen molar-refractivity contribution < 1.29 is 4.42 Å². The van der Waals surface area contributed by atoms with Gasteiger partial charge in [0.2, 0.25) is 0 Å². The largest absolute Gasteiger partial charge is 0.456 e. The van der Waals surface area contributed by atoms with E-state index in [-0.39, 0.29) is 0 Å². The fraction of sp³-hybridized carbons (Fsp3) is 0.0339. The smallest absolute Gasteiger partial charge is 0.166 e. The van der Waals surface area contributed by atoms with Crippen molar-refractivity contribution in [3.05, 3.63) is 217 Å². The normalized spacial score (nSPS) is 11.6. The van der Waals surface area contributed by atoms with Crippen LogP contribution in [0.2, 0.25) is 0 Å². The van der Waals surface area contributed by atoms with Crippen molar-refractivity contribution in [1.29, 1.82) is 0 Å². The number of hydrogen-bond acceptors (Lipinski definition) is 4. The van der Waals surface area contributed by atoms with E-state index >= 15 is 0 Å². The number of nitrogens with zero attached hydrogens (tertiary/aromatic N) is 4. The molecule has 64 heavy (non-hydrogen) atoms. The molecule has 0 spiro atoms. The summed E-state index contributed by atoms with van der Waals surface area (Å²) in [6.45, 7) is 4.26. The molecule has 0 aliphatic carbocycles. The van der Waals surface area contributed by atoms with Crippen molar-refractivity contribution in [2.24, 2.45) is 0 Å². The van der Waals surface area contributed by atoms with Crippen LogP contribution in [0.3, 0.4) is 0 Å². The Morgan fingerprint density at radius 2 is 0.844 bits per heavy atom. The minimum absolute atomic E-state index is 0.580. The topological polar surface area (TPSA) is 56.7 Å². The van der Waals surface area contributed by atoms with Gasteiger partial charge in [-0.2, -0.15) is 0 Å². The Morgan fingerprint density at radius 3 is 1.44 bits per heavy atom. The zero-order valence-electron chi connectivity index (χ0n) is 35.3. The number of fused-ring (bicyclic) bond motifs is 6. The van der Waals surface area contributed by atoms with Crippen LogP contribution in [-0.2, 0) is 0 Å². The molecule has 0 unspecified atom stereocenters. The maximum atomic E-state index is 6.40. The second-order valence-corrected chi connectivity index (χ2v) is 16.6. The van der Waals surface area contributed by atoms with Gasteiger partial charge in [-0.15, -0.1) is 0 Å². The number of aryl methyl sites for hydroxylation is 2. The van der Waals surface area contributed by atoms with Crippen LogP contribution in [0, 0.1) is 13.8 Å². The van der Waals surface area contributed by atoms with Crippen LogP contribution in [0.5, 0.6) is 0 Å². The third-order valence-corrected chi connectivity index (χ3v) is 12.4. The SMILES string of the molecule is Cc1ccc(-c2ccc3c(c2)c2cc(-c4ccc(C)cc4)ccc2n3-c2ccc(-c3cccc4oc5ccccc5c34)cc2-c2nc(-c3ccccc3)nc(-c3ccccc3)n2)cc1. The van der Waals surface area contributed by atoms with Gasteiger partial charge in [0, 0.05) is 38.2 Å². The van der Waals surface area contributed by atoms with Crippen LogP contribution in [0.1, 0.15) is 11.1 Å². The van der Waals surface area contributed by atoms with Gasteiger partial charge in [0.25, 0.3) is 0 Å². The summed E-state index contributed by atoms with van der Waals surface area (Å²) in [6.07, 6.45) is 0. The van der Waals surface area contributed by atoms with Gasteiger partial charge in [-0.05, 0) is 95.8 Å². The molecule has 0 saturated heterocycles. The molecular weight excluding hydrogens is 781 g/mol. The number of benzene rings is 9. The van der Waals surface area contributed by atoms with Gasteiger partial charge >= 0.3 is 0 Å². The summed E-state index contributed by atoms with van der Waals surface area (Å²) in [5, 5.41) is 4.48. The van der Waals surface area contributed by atoms with E-state index < -0.39 is 0 Å². The molecule has 5 heteroatoms. The third-order valence-electron chi connectivity index (χ3n) is 12.4. The molecule has 0 saturated carbocycles. The van der Waals surface area contributed by atoms with Gasteiger partial charge in [0.1, 0.15) is 11.2 Å². The van der Waals surface area contributed by atoms with Crippen molar-refractivity contribution in [3.63, 3.8) is 0 Å². The lowest BCUT2D eigenvalue weighted by Gasteiger charge is -2.17. The second kappa shape index (κ2) is 15.2. The molecule has 0 aliphatic heterocycles. The van der Waals surface area contributed by atoms with Crippen LogP contribution in [0.4, 0.5) is 0 Å². The molecule has 0 fully saturated rings. The third kappa shape index (κ3) is 6.45. The summed E-state index contributed by atoms with van der Waals surface area (Å²) >= 11 is 0. The van der Waals surface area contributed by atoms with E-state index in [1.165, 1.54) is 33.4 Å². The minimum Gasteiger partial charge on any atom is -0.456 e. The summed E-state index contributed by atoms with van der Waals surface area (Å²) in [4.78, 5) is 15.8. The Hall–Kier alpha value is -8.41. The van der Waals surface area contributed by atoms with Gasteiger partial charge in [0.15, 0.2) is 17.5 Å². The molecule has 0 atom stereocenters. The van der Waals surface area contributed by atoms with Crippen LogP contribution in [0.15, 0.2) is 211 Å². The first-order valence-corrected chi connectivity index (χ1v) is 21.7. The molecule has 9 aromatic carbocycles. The lowest BCUT2D eigenvalue weighted by Crippen LogP contribution is -2.04. The number of furan rings is 1. The molecule has 0 amide bonds. The molecule has 0 aliphatic rings. The van der Waals surface area contributed by atoms with E-state index in [2.05, 4.69) is 170 Å². The summed E-state index contributed by atoms with van der Waals surface area (Å²) in [5.74, 6) is 1.80. The number of aromatic nitrogens is 4. The summed E-state index contributed by atoms with van der Waals surface area (Å²) in [6, 6.07) is 72.9. The number of rotatable bonds is 7. The van der Waals surface area contributed by atoms with Crippen LogP contribution in [0.25, 0.3) is 117 Å². The highest BCUT2D eigenvalue weighted by molar-refractivity contribution is 6.14. The summed E-state index contributed by atoms with van der Waals surface area (Å²) in [5.41, 5.74) is 16.8. The quantitative estimate of drug-likeness (QED) is 0.161. The van der Waals surface area contributed by atoms with Crippen LogP contribution < -0.4 is 0 Å². The van der Waals surface area contributed by atoms with E-state index in [0.717, 1.165) is 77.2 Å². The lowest BCUT2D eigenvalue weighted by atomic mass is 9.96. The second-order valence-electron chi connectivity index (χ2n) is 16.6. The molecule has 0 radical (unpaired) electrons. The average Bonchev–Trinajstić information content (AvgIpc) is 3.90. The zero-order chi connectivity index (χ0) is 42.7. The molecule has 302 valence electrons. The van der Waals surface area contributed by atoms with Gasteiger partial charge in [-0.25, -0.2) is 15.0 Å².